The van der Waals surface area contributed by atoms with Crippen molar-refractivity contribution < 1.29 is 4.79 Å². The lowest BCUT2D eigenvalue weighted by molar-refractivity contribution is -0.131. The number of hydrogen-bond donors (Lipinski definition) is 1. The van der Waals surface area contributed by atoms with Crippen LogP contribution >= 0.6 is 12.4 Å². The quantitative estimate of drug-likeness (QED) is 0.662. The van der Waals surface area contributed by atoms with Crippen molar-refractivity contribution in [3.8, 4) is 0 Å². The molecule has 1 aliphatic heterocycles. The molecule has 0 aromatic carbocycles. The van der Waals surface area contributed by atoms with Gasteiger partial charge < -0.3 is 10.2 Å². The molecule has 3 nitrogen and oxygen atoms in total. The van der Waals surface area contributed by atoms with E-state index < -0.39 is 0 Å². The average Bonchev–Trinajstić information content (AvgIpc) is 2.16. The van der Waals surface area contributed by atoms with E-state index in [-0.39, 0.29) is 24.4 Å². The maximum Gasteiger partial charge on any atom is 0.239 e. The zero-order valence-electron chi connectivity index (χ0n) is 7.67. The van der Waals surface area contributed by atoms with Crippen LogP contribution in [0.15, 0.2) is 0 Å². The molecule has 0 aliphatic carbocycles. The van der Waals surface area contributed by atoms with Crippen molar-refractivity contribution in [1.82, 2.24) is 10.2 Å². The van der Waals surface area contributed by atoms with Crippen molar-refractivity contribution in [2.24, 2.45) is 0 Å². The monoisotopic (exact) mass is 192 g/mol. The maximum atomic E-state index is 11.4. The fourth-order valence-electron chi connectivity index (χ4n) is 1.46. The highest BCUT2D eigenvalue weighted by atomic mass is 35.5. The number of rotatable bonds is 1. The summed E-state index contributed by atoms with van der Waals surface area (Å²) in [5.41, 5.74) is 0. The van der Waals surface area contributed by atoms with Crippen molar-refractivity contribution >= 4 is 18.3 Å². The molecule has 1 atom stereocenters. The van der Waals surface area contributed by atoms with Crippen LogP contribution in [0.1, 0.15) is 19.3 Å². The van der Waals surface area contributed by atoms with Crippen LogP contribution in [-0.2, 0) is 4.79 Å². The van der Waals surface area contributed by atoms with E-state index in [4.69, 9.17) is 0 Å². The summed E-state index contributed by atoms with van der Waals surface area (Å²) in [6, 6.07) is 0.0579. The largest absolute Gasteiger partial charge is 0.344 e. The van der Waals surface area contributed by atoms with Gasteiger partial charge in [-0.25, -0.2) is 0 Å². The normalized spacial score (nSPS) is 24.7. The lowest BCUT2D eigenvalue weighted by Gasteiger charge is -2.18. The van der Waals surface area contributed by atoms with Crippen LogP contribution in [0.4, 0.5) is 0 Å². The Balaban J connectivity index is 0.00000121. The van der Waals surface area contributed by atoms with Crippen molar-refractivity contribution in [3.05, 3.63) is 0 Å². The Labute approximate surface area is 79.9 Å². The average molecular weight is 193 g/mol. The van der Waals surface area contributed by atoms with Crippen LogP contribution in [0.3, 0.4) is 0 Å². The van der Waals surface area contributed by atoms with Crippen LogP contribution in [0.5, 0.6) is 0 Å². The molecule has 0 bridgehead atoms. The molecule has 1 saturated heterocycles. The molecule has 0 aromatic rings. The van der Waals surface area contributed by atoms with Crippen LogP contribution < -0.4 is 5.32 Å². The minimum atomic E-state index is 0. The van der Waals surface area contributed by atoms with E-state index >= 15 is 0 Å². The Morgan fingerprint density at radius 3 is 2.75 bits per heavy atom. The molecule has 1 aliphatic rings. The highest BCUT2D eigenvalue weighted by Crippen LogP contribution is 2.09. The number of carbonyl (C=O) groups excluding carboxylic acids is 1. The lowest BCUT2D eigenvalue weighted by atomic mass is 10.1. The van der Waals surface area contributed by atoms with E-state index in [1.807, 2.05) is 19.0 Å². The summed E-state index contributed by atoms with van der Waals surface area (Å²) in [5, 5.41) is 3.03. The van der Waals surface area contributed by atoms with Gasteiger partial charge in [0.25, 0.3) is 0 Å². The number of amides is 1. The summed E-state index contributed by atoms with van der Waals surface area (Å²) in [5.74, 6) is 0.241. The van der Waals surface area contributed by atoms with Gasteiger partial charge in [0, 0.05) is 13.6 Å². The topological polar surface area (TPSA) is 32.3 Å². The number of likely N-dealkylation sites (N-methyl/N-ethyl adjacent to an activating group) is 2. The van der Waals surface area contributed by atoms with Crippen molar-refractivity contribution in [2.75, 3.05) is 20.6 Å². The Hall–Kier alpha value is -0.280. The van der Waals surface area contributed by atoms with Gasteiger partial charge in [0.05, 0.1) is 6.04 Å². The van der Waals surface area contributed by atoms with Crippen LogP contribution in [-0.4, -0.2) is 37.5 Å². The summed E-state index contributed by atoms with van der Waals surface area (Å²) < 4.78 is 0. The summed E-state index contributed by atoms with van der Waals surface area (Å²) in [4.78, 5) is 13.3. The van der Waals surface area contributed by atoms with Gasteiger partial charge in [0.2, 0.25) is 5.91 Å². The van der Waals surface area contributed by atoms with Gasteiger partial charge in [-0.15, -0.1) is 12.4 Å². The minimum Gasteiger partial charge on any atom is -0.344 e. The summed E-state index contributed by atoms with van der Waals surface area (Å²) in [6.07, 6.45) is 3.28. The van der Waals surface area contributed by atoms with Crippen molar-refractivity contribution in [3.63, 3.8) is 0 Å². The number of hydrogen-bond acceptors (Lipinski definition) is 2. The second-order valence-corrected chi connectivity index (χ2v) is 3.10. The summed E-state index contributed by atoms with van der Waals surface area (Å²) in [6.45, 7) is 0.914. The maximum absolute atomic E-state index is 11.4. The van der Waals surface area contributed by atoms with E-state index in [0.29, 0.717) is 0 Å². The molecule has 1 rings (SSSR count). The Morgan fingerprint density at radius 2 is 2.17 bits per heavy atom. The first-order chi connectivity index (χ1) is 5.25. The summed E-state index contributed by atoms with van der Waals surface area (Å²) in [7, 11) is 3.72. The van der Waals surface area contributed by atoms with Crippen LogP contribution in [0.25, 0.3) is 0 Å². The predicted molar refractivity (Wildman–Crippen MR) is 51.6 cm³/mol. The van der Waals surface area contributed by atoms with Gasteiger partial charge in [0.1, 0.15) is 0 Å². The Kier molecular flexibility index (Phi) is 5.25. The third-order valence-electron chi connectivity index (χ3n) is 2.26. The standard InChI is InChI=1S/C8H16N2O.ClH/c1-9-7-5-3-4-6-10(2)8(7)11;/h7,9H,3-6H2,1-2H3;1H. The van der Waals surface area contributed by atoms with Gasteiger partial charge in [-0.1, -0.05) is 0 Å². The number of nitrogens with one attached hydrogen (secondary N) is 1. The van der Waals surface area contributed by atoms with Gasteiger partial charge in [-0.3, -0.25) is 4.79 Å². The smallest absolute Gasteiger partial charge is 0.239 e. The molecule has 0 radical (unpaired) electrons. The highest BCUT2D eigenvalue weighted by molar-refractivity contribution is 5.85. The Morgan fingerprint density at radius 1 is 1.50 bits per heavy atom. The lowest BCUT2D eigenvalue weighted by Crippen LogP contribution is -2.41. The molecule has 1 amide bonds. The third-order valence-corrected chi connectivity index (χ3v) is 2.26. The third kappa shape index (κ3) is 2.64. The first-order valence-corrected chi connectivity index (χ1v) is 4.18. The summed E-state index contributed by atoms with van der Waals surface area (Å²) >= 11 is 0. The molecule has 1 heterocycles. The van der Waals surface area contributed by atoms with Gasteiger partial charge in [-0.2, -0.15) is 0 Å². The highest BCUT2D eigenvalue weighted by Gasteiger charge is 2.22. The first-order valence-electron chi connectivity index (χ1n) is 4.18. The molecule has 72 valence electrons. The molecule has 1 unspecified atom stereocenters. The van der Waals surface area contributed by atoms with E-state index in [2.05, 4.69) is 5.32 Å². The van der Waals surface area contributed by atoms with Crippen LogP contribution in [0.2, 0.25) is 0 Å². The molecule has 0 saturated carbocycles. The predicted octanol–water partition coefficient (Wildman–Crippen LogP) is 0.638. The van der Waals surface area contributed by atoms with E-state index in [0.717, 1.165) is 25.8 Å². The number of carbonyl (C=O) groups is 1. The molecule has 1 N–H and O–H groups in total. The molecule has 0 spiro atoms. The van der Waals surface area contributed by atoms with E-state index in [9.17, 15) is 4.79 Å². The SMILES string of the molecule is CNC1CCCCN(C)C1=O.Cl. The number of halogens is 1. The van der Waals surface area contributed by atoms with Crippen molar-refractivity contribution in [2.45, 2.75) is 25.3 Å². The molecule has 4 heteroatoms. The van der Waals surface area contributed by atoms with Gasteiger partial charge in [0.15, 0.2) is 0 Å². The first kappa shape index (κ1) is 11.7. The zero-order valence-corrected chi connectivity index (χ0v) is 8.49. The molecule has 0 aromatic heterocycles. The zero-order chi connectivity index (χ0) is 8.27. The Bertz CT molecular complexity index is 152. The molecule has 12 heavy (non-hydrogen) atoms. The number of likely N-dealkylation sites (tertiary alicyclic amines) is 1. The fourth-order valence-corrected chi connectivity index (χ4v) is 1.46. The number of nitrogens with zero attached hydrogens (tertiary/aromatic N) is 1. The molecule has 1 fully saturated rings. The molecular weight excluding hydrogens is 176 g/mol. The van der Waals surface area contributed by atoms with Crippen molar-refractivity contribution in [1.29, 1.82) is 0 Å². The van der Waals surface area contributed by atoms with E-state index in [1.54, 1.807) is 0 Å². The van der Waals surface area contributed by atoms with E-state index in [1.165, 1.54) is 0 Å². The fraction of sp³-hybridized carbons (Fsp3) is 0.875. The molecular formula is C8H17ClN2O. The van der Waals surface area contributed by atoms with Gasteiger partial charge >= 0.3 is 0 Å². The van der Waals surface area contributed by atoms with Crippen LogP contribution in [0, 0.1) is 0 Å². The minimum absolute atomic E-state index is 0. The second kappa shape index (κ2) is 5.38. The second-order valence-electron chi connectivity index (χ2n) is 3.10. The van der Waals surface area contributed by atoms with Gasteiger partial charge in [-0.05, 0) is 26.3 Å².